The number of aliphatic hydroxyl groups excluding tert-OH is 1. The van der Waals surface area contributed by atoms with E-state index in [-0.39, 0.29) is 5.69 Å². The topological polar surface area (TPSA) is 88.5 Å². The number of anilines is 1. The van der Waals surface area contributed by atoms with Crippen molar-refractivity contribution in [3.05, 3.63) is 89.2 Å². The van der Waals surface area contributed by atoms with Gasteiger partial charge in [-0.05, 0) is 60.2 Å². The van der Waals surface area contributed by atoms with Crippen molar-refractivity contribution in [2.24, 2.45) is 0 Å². The van der Waals surface area contributed by atoms with Crippen LogP contribution in [0.5, 0.6) is 11.5 Å². The molecule has 1 amide bonds. The molecule has 3 rings (SSSR count). The second-order valence-electron chi connectivity index (χ2n) is 5.91. The van der Waals surface area contributed by atoms with Crippen molar-refractivity contribution >= 4 is 35.1 Å². The second kappa shape index (κ2) is 9.64. The Balaban J connectivity index is 1.86. The Kier molecular flexibility index (Phi) is 6.73. The lowest BCUT2D eigenvalue weighted by atomic mass is 10.1. The lowest BCUT2D eigenvalue weighted by Gasteiger charge is -2.12. The SMILES string of the molecule is O=C(/C=C/c1cc(Cl)ccc1NC(=O)c1ncccc1Oc1ccccc1)CO. The fourth-order valence-corrected chi connectivity index (χ4v) is 2.64. The summed E-state index contributed by atoms with van der Waals surface area (Å²) in [4.78, 5) is 28.3. The molecule has 146 valence electrons. The molecule has 0 spiro atoms. The highest BCUT2D eigenvalue weighted by Crippen LogP contribution is 2.26. The summed E-state index contributed by atoms with van der Waals surface area (Å²) in [7, 11) is 0. The Hall–Kier alpha value is -3.48. The molecule has 0 fully saturated rings. The van der Waals surface area contributed by atoms with Crippen molar-refractivity contribution < 1.29 is 19.4 Å². The van der Waals surface area contributed by atoms with Gasteiger partial charge in [0.15, 0.2) is 17.2 Å². The summed E-state index contributed by atoms with van der Waals surface area (Å²) in [5.41, 5.74) is 1.04. The van der Waals surface area contributed by atoms with Crippen molar-refractivity contribution in [3.8, 4) is 11.5 Å². The van der Waals surface area contributed by atoms with Gasteiger partial charge in [0.05, 0.1) is 0 Å². The van der Waals surface area contributed by atoms with E-state index in [4.69, 9.17) is 21.4 Å². The van der Waals surface area contributed by atoms with Gasteiger partial charge in [0.1, 0.15) is 12.4 Å². The van der Waals surface area contributed by atoms with Crippen molar-refractivity contribution in [3.63, 3.8) is 0 Å². The number of ether oxygens (including phenoxy) is 1. The number of hydrogen-bond acceptors (Lipinski definition) is 5. The van der Waals surface area contributed by atoms with Crippen LogP contribution >= 0.6 is 11.6 Å². The van der Waals surface area contributed by atoms with Gasteiger partial charge < -0.3 is 15.2 Å². The number of nitrogens with one attached hydrogen (secondary N) is 1. The fraction of sp³-hybridized carbons (Fsp3) is 0.0455. The molecule has 7 heteroatoms. The Labute approximate surface area is 172 Å². The normalized spacial score (nSPS) is 10.7. The highest BCUT2D eigenvalue weighted by atomic mass is 35.5. The van der Waals surface area contributed by atoms with Gasteiger partial charge in [-0.1, -0.05) is 29.8 Å². The Morgan fingerprint density at radius 1 is 1.10 bits per heavy atom. The number of benzene rings is 2. The maximum atomic E-state index is 12.8. The van der Waals surface area contributed by atoms with E-state index in [1.807, 2.05) is 18.2 Å². The van der Waals surface area contributed by atoms with Gasteiger partial charge in [-0.2, -0.15) is 0 Å². The molecule has 3 aromatic rings. The largest absolute Gasteiger partial charge is 0.455 e. The van der Waals surface area contributed by atoms with Gasteiger partial charge in [0, 0.05) is 16.9 Å². The van der Waals surface area contributed by atoms with Crippen LogP contribution in [0.4, 0.5) is 5.69 Å². The Morgan fingerprint density at radius 3 is 2.66 bits per heavy atom. The van der Waals surface area contributed by atoms with E-state index in [9.17, 15) is 9.59 Å². The molecule has 0 aliphatic rings. The zero-order chi connectivity index (χ0) is 20.6. The molecule has 1 heterocycles. The summed E-state index contributed by atoms with van der Waals surface area (Å²) in [6, 6.07) is 17.2. The average molecular weight is 409 g/mol. The van der Waals surface area contributed by atoms with Gasteiger partial charge in [-0.25, -0.2) is 4.98 Å². The fourth-order valence-electron chi connectivity index (χ4n) is 2.46. The van der Waals surface area contributed by atoms with Crippen LogP contribution in [-0.4, -0.2) is 28.4 Å². The minimum absolute atomic E-state index is 0.104. The average Bonchev–Trinajstić information content (AvgIpc) is 2.74. The third kappa shape index (κ3) is 5.51. The summed E-state index contributed by atoms with van der Waals surface area (Å²) in [5, 5.41) is 12.1. The molecule has 2 N–H and O–H groups in total. The first-order valence-corrected chi connectivity index (χ1v) is 9.05. The lowest BCUT2D eigenvalue weighted by molar-refractivity contribution is -0.117. The molecule has 0 radical (unpaired) electrons. The van der Waals surface area contributed by atoms with Crippen LogP contribution < -0.4 is 10.1 Å². The molecule has 0 atom stereocenters. The van der Waals surface area contributed by atoms with Crippen LogP contribution in [0, 0.1) is 0 Å². The van der Waals surface area contributed by atoms with Crippen molar-refractivity contribution in [1.82, 2.24) is 4.98 Å². The third-order valence-electron chi connectivity index (χ3n) is 3.82. The summed E-state index contributed by atoms with van der Waals surface area (Å²) < 4.78 is 5.78. The van der Waals surface area contributed by atoms with Crippen LogP contribution in [-0.2, 0) is 4.79 Å². The standard InChI is InChI=1S/C22H17ClN2O4/c23-16-9-11-19(15(13-16)8-10-17(27)14-26)25-22(28)21-20(7-4-12-24-21)29-18-5-2-1-3-6-18/h1-13,26H,14H2,(H,25,28)/b10-8+. The van der Waals surface area contributed by atoms with Crippen LogP contribution in [0.15, 0.2) is 72.9 Å². The first kappa shape index (κ1) is 20.3. The minimum Gasteiger partial charge on any atom is -0.455 e. The van der Waals surface area contributed by atoms with Crippen LogP contribution in [0.1, 0.15) is 16.1 Å². The van der Waals surface area contributed by atoms with Gasteiger partial charge in [0.25, 0.3) is 5.91 Å². The molecule has 0 bridgehead atoms. The second-order valence-corrected chi connectivity index (χ2v) is 6.35. The number of para-hydroxylation sites is 1. The number of carbonyl (C=O) groups excluding carboxylic acids is 2. The molecule has 6 nitrogen and oxygen atoms in total. The highest BCUT2D eigenvalue weighted by Gasteiger charge is 2.16. The molecule has 0 aliphatic carbocycles. The van der Waals surface area contributed by atoms with Crippen molar-refractivity contribution in [2.45, 2.75) is 0 Å². The van der Waals surface area contributed by atoms with Crippen molar-refractivity contribution in [2.75, 3.05) is 11.9 Å². The number of aromatic nitrogens is 1. The first-order chi connectivity index (χ1) is 14.1. The zero-order valence-corrected chi connectivity index (χ0v) is 16.0. The summed E-state index contributed by atoms with van der Waals surface area (Å²) in [6.45, 7) is -0.604. The molecule has 29 heavy (non-hydrogen) atoms. The third-order valence-corrected chi connectivity index (χ3v) is 4.06. The molecule has 0 aliphatic heterocycles. The Bertz CT molecular complexity index is 1050. The maximum Gasteiger partial charge on any atom is 0.278 e. The smallest absolute Gasteiger partial charge is 0.278 e. The summed E-state index contributed by atoms with van der Waals surface area (Å²) in [5.74, 6) is -0.0718. The minimum atomic E-state index is -0.604. The monoisotopic (exact) mass is 408 g/mol. The van der Waals surface area contributed by atoms with E-state index in [0.29, 0.717) is 27.8 Å². The van der Waals surface area contributed by atoms with E-state index in [1.54, 1.807) is 42.5 Å². The number of amides is 1. The van der Waals surface area contributed by atoms with Crippen molar-refractivity contribution in [1.29, 1.82) is 0 Å². The highest BCUT2D eigenvalue weighted by molar-refractivity contribution is 6.31. The number of rotatable bonds is 7. The maximum absolute atomic E-state index is 12.8. The number of halogens is 1. The number of aliphatic hydroxyl groups is 1. The predicted molar refractivity (Wildman–Crippen MR) is 111 cm³/mol. The van der Waals surface area contributed by atoms with E-state index in [0.717, 1.165) is 0 Å². The molecular formula is C22H17ClN2O4. The number of carbonyl (C=O) groups is 2. The Morgan fingerprint density at radius 2 is 1.90 bits per heavy atom. The molecule has 0 saturated heterocycles. The molecule has 0 unspecified atom stereocenters. The van der Waals surface area contributed by atoms with E-state index in [1.165, 1.54) is 18.3 Å². The number of pyridine rings is 1. The van der Waals surface area contributed by atoms with Gasteiger partial charge in [-0.3, -0.25) is 9.59 Å². The van der Waals surface area contributed by atoms with E-state index in [2.05, 4.69) is 10.3 Å². The van der Waals surface area contributed by atoms with E-state index >= 15 is 0 Å². The zero-order valence-electron chi connectivity index (χ0n) is 15.2. The number of ketones is 1. The van der Waals surface area contributed by atoms with Gasteiger partial charge in [0.2, 0.25) is 0 Å². The van der Waals surface area contributed by atoms with Crippen LogP contribution in [0.3, 0.4) is 0 Å². The summed E-state index contributed by atoms with van der Waals surface area (Å²) in [6.07, 6.45) is 4.18. The summed E-state index contributed by atoms with van der Waals surface area (Å²) >= 11 is 6.02. The van der Waals surface area contributed by atoms with Gasteiger partial charge in [-0.15, -0.1) is 0 Å². The molecule has 0 saturated carbocycles. The van der Waals surface area contributed by atoms with Crippen LogP contribution in [0.2, 0.25) is 5.02 Å². The number of hydrogen-bond donors (Lipinski definition) is 2. The van der Waals surface area contributed by atoms with Crippen LogP contribution in [0.25, 0.3) is 6.08 Å². The quantitative estimate of drug-likeness (QED) is 0.567. The lowest BCUT2D eigenvalue weighted by Crippen LogP contribution is -2.15. The van der Waals surface area contributed by atoms with E-state index < -0.39 is 18.3 Å². The molecule has 1 aromatic heterocycles. The first-order valence-electron chi connectivity index (χ1n) is 8.67. The molecular weight excluding hydrogens is 392 g/mol. The molecule has 2 aromatic carbocycles. The predicted octanol–water partition coefficient (Wildman–Crippen LogP) is 4.35. The number of nitrogens with zero attached hydrogens (tertiary/aromatic N) is 1. The van der Waals surface area contributed by atoms with Gasteiger partial charge >= 0.3 is 0 Å².